The zero-order valence-corrected chi connectivity index (χ0v) is 50.2. The van der Waals surface area contributed by atoms with Gasteiger partial charge in [-0.15, -0.1) is 0 Å². The van der Waals surface area contributed by atoms with Crippen LogP contribution in [0.5, 0.6) is 11.5 Å². The molecule has 0 bridgehead atoms. The van der Waals surface area contributed by atoms with Gasteiger partial charge in [0.05, 0.1) is 31.8 Å². The van der Waals surface area contributed by atoms with Gasteiger partial charge in [-0.05, 0) is 181 Å². The summed E-state index contributed by atoms with van der Waals surface area (Å²) in [5.74, 6) is 2.29. The third-order valence-corrected chi connectivity index (χ3v) is 18.6. The molecule has 0 aliphatic heterocycles. The number of carboxylic acid groups (broad SMARTS) is 2. The van der Waals surface area contributed by atoms with Gasteiger partial charge in [0.25, 0.3) is 11.4 Å². The molecule has 0 N–H and O–H groups in total. The third-order valence-electron chi connectivity index (χ3n) is 18.1. The molecular weight excluding hydrogens is 1010 g/mol. The fourth-order valence-corrected chi connectivity index (χ4v) is 15.0. The molecule has 4 fully saturated rings. The maximum atomic E-state index is 12.8. The molecule has 9 atom stereocenters. The number of hydrogen-bond acceptors (Lipinski definition) is 10. The van der Waals surface area contributed by atoms with Crippen LogP contribution in [0, 0.1) is 78.4 Å². The van der Waals surface area contributed by atoms with Crippen LogP contribution in [0.1, 0.15) is 167 Å². The van der Waals surface area contributed by atoms with E-state index < -0.39 is 21.8 Å². The van der Waals surface area contributed by atoms with Gasteiger partial charge < -0.3 is 29.3 Å². The second-order valence-corrected chi connectivity index (χ2v) is 23.5. The molecule has 390 valence electrons. The van der Waals surface area contributed by atoms with E-state index in [1.807, 2.05) is 6.08 Å². The van der Waals surface area contributed by atoms with E-state index in [0.29, 0.717) is 56.9 Å². The Hall–Kier alpha value is -3.46. The summed E-state index contributed by atoms with van der Waals surface area (Å²) in [5, 5.41) is 48.3. The molecule has 16 heteroatoms. The SMILES string of the molecule is CC(C)CCC[C@@H](C)[C@H]1CC[C@H]2[C@@H]3CC[C@H]4C[C@@H](CCC=C(c5cc(Cl)c(OCc6cccc([N+](=O)[O-])c6)c(C(=O)[O-])c5)c5cc(Cl)c(OCc6cccc([N+](=O)[O-])c6)c(C(=O)[O-])c5)CC[C@]4(C)[C@H]3CC[C@]12C.[Na+].[Na+]. The van der Waals surface area contributed by atoms with E-state index in [9.17, 15) is 40.0 Å². The topological polar surface area (TPSA) is 185 Å². The van der Waals surface area contributed by atoms with Crippen LogP contribution in [0.25, 0.3) is 5.57 Å². The number of nitro groups is 2. The molecule has 0 aromatic heterocycles. The van der Waals surface area contributed by atoms with Gasteiger partial charge in [0.2, 0.25) is 0 Å². The molecule has 0 amide bonds. The van der Waals surface area contributed by atoms with Crippen molar-refractivity contribution in [3.63, 3.8) is 0 Å². The summed E-state index contributed by atoms with van der Waals surface area (Å²) < 4.78 is 11.8. The molecule has 4 saturated carbocycles. The molecule has 4 aliphatic carbocycles. The molecule has 0 heterocycles. The molecule has 12 nitrogen and oxygen atoms in total. The molecule has 0 spiro atoms. The number of fused-ring (bicyclic) bond motifs is 5. The average Bonchev–Trinajstić information content (AvgIpc) is 3.71. The van der Waals surface area contributed by atoms with Crippen LogP contribution in [-0.2, 0) is 13.2 Å². The number of rotatable bonds is 20. The number of carboxylic acids is 2. The number of non-ortho nitro benzene ring substituents is 2. The number of hydrogen-bond donors (Lipinski definition) is 0. The van der Waals surface area contributed by atoms with Crippen LogP contribution in [-0.4, -0.2) is 21.8 Å². The Morgan fingerprint density at radius 3 is 1.76 bits per heavy atom. The first-order valence-electron chi connectivity index (χ1n) is 26.3. The normalized spacial score (nSPS) is 25.0. The average molecular weight is 1080 g/mol. The molecule has 0 saturated heterocycles. The molecule has 8 rings (SSSR count). The molecule has 0 unspecified atom stereocenters. The summed E-state index contributed by atoms with van der Waals surface area (Å²) in [7, 11) is 0. The van der Waals surface area contributed by atoms with Crippen molar-refractivity contribution in [2.45, 2.75) is 138 Å². The number of aromatic carboxylic acids is 2. The Kier molecular flexibility index (Phi) is 21.1. The molecule has 4 aromatic rings. The van der Waals surface area contributed by atoms with E-state index in [1.165, 1.54) is 125 Å². The van der Waals surface area contributed by atoms with E-state index in [0.717, 1.165) is 54.8 Å². The zero-order valence-electron chi connectivity index (χ0n) is 44.7. The number of allylic oxidation sites excluding steroid dienone is 1. The maximum Gasteiger partial charge on any atom is 1.00 e. The predicted molar refractivity (Wildman–Crippen MR) is 279 cm³/mol. The predicted octanol–water partition coefficient (Wildman–Crippen LogP) is 7.65. The number of nitrogens with zero attached hydrogens (tertiary/aromatic N) is 2. The Bertz CT molecular complexity index is 2640. The van der Waals surface area contributed by atoms with E-state index in [2.05, 4.69) is 34.6 Å². The summed E-state index contributed by atoms with van der Waals surface area (Å²) in [6.45, 7) is 12.0. The zero-order chi connectivity index (χ0) is 52.4. The molecule has 4 aliphatic rings. The van der Waals surface area contributed by atoms with Gasteiger partial charge in [-0.2, -0.15) is 0 Å². The van der Waals surface area contributed by atoms with Crippen molar-refractivity contribution in [3.8, 4) is 11.5 Å². The Labute approximate surface area is 496 Å². The fraction of sp³-hybridized carbons (Fsp3) is 0.525. The van der Waals surface area contributed by atoms with Crippen molar-refractivity contribution in [2.24, 2.45) is 58.2 Å². The van der Waals surface area contributed by atoms with Crippen LogP contribution < -0.4 is 78.8 Å². The number of benzene rings is 4. The summed E-state index contributed by atoms with van der Waals surface area (Å²) in [5.41, 5.74) is 1.63. The van der Waals surface area contributed by atoms with Gasteiger partial charge in [0.1, 0.15) is 24.7 Å². The van der Waals surface area contributed by atoms with Crippen molar-refractivity contribution in [1.29, 1.82) is 0 Å². The van der Waals surface area contributed by atoms with Gasteiger partial charge in [-0.3, -0.25) is 20.2 Å². The second kappa shape index (κ2) is 26.0. The van der Waals surface area contributed by atoms with Crippen LogP contribution in [0.15, 0.2) is 78.9 Å². The molecule has 0 radical (unpaired) electrons. The minimum atomic E-state index is -1.59. The van der Waals surface area contributed by atoms with Crippen molar-refractivity contribution in [1.82, 2.24) is 0 Å². The Balaban J connectivity index is 0.00000457. The number of carbonyl (C=O) groups is 2. The molecular formula is C59H68Cl2N2Na2O10. The van der Waals surface area contributed by atoms with Crippen molar-refractivity contribution < 1.29 is 98.2 Å². The van der Waals surface area contributed by atoms with Crippen LogP contribution in [0.3, 0.4) is 0 Å². The van der Waals surface area contributed by atoms with Crippen LogP contribution in [0.4, 0.5) is 11.4 Å². The maximum absolute atomic E-state index is 12.8. The van der Waals surface area contributed by atoms with E-state index in [1.54, 1.807) is 12.1 Å². The van der Waals surface area contributed by atoms with Crippen LogP contribution in [0.2, 0.25) is 10.0 Å². The van der Waals surface area contributed by atoms with Gasteiger partial charge in [-0.1, -0.05) is 107 Å². The van der Waals surface area contributed by atoms with Gasteiger partial charge in [-0.25, -0.2) is 0 Å². The van der Waals surface area contributed by atoms with Gasteiger partial charge in [0.15, 0.2) is 0 Å². The van der Waals surface area contributed by atoms with Gasteiger partial charge >= 0.3 is 59.1 Å². The van der Waals surface area contributed by atoms with Crippen molar-refractivity contribution in [3.05, 3.63) is 143 Å². The second-order valence-electron chi connectivity index (χ2n) is 22.7. The first kappa shape index (κ1) is 60.8. The largest absolute Gasteiger partial charge is 1.00 e. The monoisotopic (exact) mass is 1080 g/mol. The summed E-state index contributed by atoms with van der Waals surface area (Å²) in [4.78, 5) is 47.4. The first-order valence-corrected chi connectivity index (χ1v) is 27.1. The Morgan fingerprint density at radius 1 is 0.707 bits per heavy atom. The third kappa shape index (κ3) is 13.5. The Morgan fingerprint density at radius 2 is 1.24 bits per heavy atom. The fourth-order valence-electron chi connectivity index (χ4n) is 14.4. The summed E-state index contributed by atoms with van der Waals surface area (Å²) in [6.07, 6.45) is 18.9. The van der Waals surface area contributed by atoms with E-state index in [-0.39, 0.29) is 116 Å². The minimum Gasteiger partial charge on any atom is -0.545 e. The standard InChI is InChI=1S/C59H70Cl2N2O10.2Na/c1-35(2)10-6-11-36(3)49-20-21-50-46-19-18-42-26-37(22-24-58(42,4)51(46)23-25-59(49,50)5)12-9-17-45(40-29-47(56(64)65)54(52(60)31-40)72-33-38-13-7-15-43(27-38)62(68)69)41-30-48(57(66)67)55(53(61)32-41)73-34-39-14-8-16-44(28-39)63(70)71;;/h7-8,13-17,27-32,35-37,42,46,49-51H,6,9-12,18-26,33-34H2,1-5H3,(H,64,65)(H,66,67);;/q;2*+1/p-2/t36-,37+,42+,46+,49-,50+,51+,58+,59-;;/m1../s1. The van der Waals surface area contributed by atoms with Crippen molar-refractivity contribution in [2.75, 3.05) is 0 Å². The first-order chi connectivity index (χ1) is 34.8. The van der Waals surface area contributed by atoms with Crippen molar-refractivity contribution >= 4 is 52.1 Å². The molecule has 4 aromatic carbocycles. The molecule has 75 heavy (non-hydrogen) atoms. The summed E-state index contributed by atoms with van der Waals surface area (Å²) >= 11 is 13.7. The number of nitro benzene ring substituents is 2. The van der Waals surface area contributed by atoms with E-state index in [4.69, 9.17) is 32.7 Å². The number of halogens is 2. The van der Waals surface area contributed by atoms with Crippen LogP contribution >= 0.6 is 23.2 Å². The number of carbonyl (C=O) groups excluding carboxylic acids is 2. The minimum absolute atomic E-state index is 0. The quantitative estimate of drug-likeness (QED) is 0.0484. The summed E-state index contributed by atoms with van der Waals surface area (Å²) in [6, 6.07) is 17.3. The van der Waals surface area contributed by atoms with Gasteiger partial charge in [0, 0.05) is 35.4 Å². The van der Waals surface area contributed by atoms with E-state index >= 15 is 0 Å². The smallest absolute Gasteiger partial charge is 0.545 e. The number of ether oxygens (including phenoxy) is 2.